The van der Waals surface area contributed by atoms with E-state index in [0.717, 1.165) is 34.6 Å². The van der Waals surface area contributed by atoms with Crippen molar-refractivity contribution in [2.24, 2.45) is 17.8 Å². The molecule has 1 unspecified atom stereocenters. The highest BCUT2D eigenvalue weighted by Gasteiger charge is 2.29. The van der Waals surface area contributed by atoms with E-state index < -0.39 is 11.2 Å². The van der Waals surface area contributed by atoms with Crippen molar-refractivity contribution >= 4 is 28.6 Å². The van der Waals surface area contributed by atoms with Gasteiger partial charge in [0.05, 0.1) is 24.8 Å². The second kappa shape index (κ2) is 9.29. The Morgan fingerprint density at radius 3 is 2.75 bits per heavy atom. The molecule has 5 rings (SSSR count). The molecule has 4 heterocycles. The van der Waals surface area contributed by atoms with Crippen LogP contribution in [-0.2, 0) is 20.1 Å². The first-order valence-corrected chi connectivity index (χ1v) is 12.1. The Kier molecular flexibility index (Phi) is 6.15. The number of aryl methyl sites for hydroxylation is 1. The largest absolute Gasteiger partial charge is 0.341 e. The number of nitrogens with two attached hydrogens (primary N) is 1. The lowest BCUT2D eigenvalue weighted by Gasteiger charge is -2.31. The van der Waals surface area contributed by atoms with Gasteiger partial charge < -0.3 is 10.6 Å². The number of fused-ring (bicyclic) bond motifs is 2. The molecule has 1 saturated heterocycles. The lowest BCUT2D eigenvalue weighted by atomic mass is 10.0. The molecule has 2 atom stereocenters. The van der Waals surface area contributed by atoms with E-state index >= 15 is 0 Å². The van der Waals surface area contributed by atoms with Crippen LogP contribution in [0.5, 0.6) is 0 Å². The van der Waals surface area contributed by atoms with Crippen molar-refractivity contribution in [2.75, 3.05) is 18.0 Å². The number of aliphatic imine (C=N–C) groups is 1. The predicted molar refractivity (Wildman–Crippen MR) is 138 cm³/mol. The van der Waals surface area contributed by atoms with Gasteiger partial charge in [-0.05, 0) is 32.8 Å². The van der Waals surface area contributed by atoms with E-state index in [4.69, 9.17) is 10.7 Å². The van der Waals surface area contributed by atoms with Crippen molar-refractivity contribution in [3.8, 4) is 11.8 Å². The smallest absolute Gasteiger partial charge is 0.332 e. The quantitative estimate of drug-likeness (QED) is 0.529. The zero-order valence-electron chi connectivity index (χ0n) is 20.7. The van der Waals surface area contributed by atoms with Gasteiger partial charge in [-0.2, -0.15) is 4.98 Å². The summed E-state index contributed by atoms with van der Waals surface area (Å²) in [4.78, 5) is 38.4. The molecule has 0 radical (unpaired) electrons. The van der Waals surface area contributed by atoms with E-state index in [0.29, 0.717) is 23.8 Å². The molecular weight excluding hydrogens is 460 g/mol. The monoisotopic (exact) mass is 490 g/mol. The third-order valence-corrected chi connectivity index (χ3v) is 6.93. The summed E-state index contributed by atoms with van der Waals surface area (Å²) in [7, 11) is 1.59. The molecule has 2 aromatic heterocycles. The molecule has 0 amide bonds. The maximum Gasteiger partial charge on any atom is 0.332 e. The highest BCUT2D eigenvalue weighted by Crippen LogP contribution is 2.33. The van der Waals surface area contributed by atoms with Crippen LogP contribution in [0, 0.1) is 11.8 Å². The lowest BCUT2D eigenvalue weighted by Crippen LogP contribution is -2.45. The Labute approximate surface area is 208 Å². The number of rotatable bonds is 4. The summed E-state index contributed by atoms with van der Waals surface area (Å²) in [6, 6.07) is 7.11. The Morgan fingerprint density at radius 2 is 2.00 bits per heavy atom. The zero-order chi connectivity index (χ0) is 25.6. The van der Waals surface area contributed by atoms with Crippen molar-refractivity contribution < 1.29 is 5.21 Å². The minimum absolute atomic E-state index is 0.00877. The third-order valence-electron chi connectivity index (χ3n) is 6.93. The predicted octanol–water partition coefficient (Wildman–Crippen LogP) is 1.34. The van der Waals surface area contributed by atoms with Crippen molar-refractivity contribution in [3.63, 3.8) is 0 Å². The molecule has 0 aliphatic carbocycles. The van der Waals surface area contributed by atoms with Crippen LogP contribution in [0.3, 0.4) is 0 Å². The molecule has 2 aliphatic rings. The summed E-state index contributed by atoms with van der Waals surface area (Å²) in [6.45, 7) is 5.00. The van der Waals surface area contributed by atoms with Crippen LogP contribution in [0.25, 0.3) is 11.2 Å². The van der Waals surface area contributed by atoms with Crippen molar-refractivity contribution in [3.05, 3.63) is 50.7 Å². The standard InChI is InChI=1S/C25H30N8O3/c1-4-5-13-31-21-22(28-24(31)30-12-8-9-17(26)14-30)29(3)25(35)32(23(21)34)15-20-27-19-11-7-6-10-18(19)16(2)33(20)36/h6-7,10-11,16-17,36H,8-9,12-15,26H2,1-3H3/t16?,17-/m1/s1. The summed E-state index contributed by atoms with van der Waals surface area (Å²) in [6.07, 6.45) is 1.84. The van der Waals surface area contributed by atoms with E-state index in [2.05, 4.69) is 21.7 Å². The van der Waals surface area contributed by atoms with Crippen LogP contribution in [0.1, 0.15) is 38.3 Å². The first kappa shape index (κ1) is 23.8. The summed E-state index contributed by atoms with van der Waals surface area (Å²) in [5, 5.41) is 11.8. The molecule has 1 fully saturated rings. The molecule has 36 heavy (non-hydrogen) atoms. The van der Waals surface area contributed by atoms with Crippen LogP contribution in [0.15, 0.2) is 38.8 Å². The SMILES string of the molecule is CC#CCn1c(N2CCC[C@@H](N)C2)nc2c1c(=O)n(CC1=Nc3ccccc3C(C)N1O)c(=O)n2C. The second-order valence-electron chi connectivity index (χ2n) is 9.29. The van der Waals surface area contributed by atoms with Crippen molar-refractivity contribution in [1.29, 1.82) is 0 Å². The number of anilines is 1. The van der Waals surface area contributed by atoms with Gasteiger partial charge in [-0.1, -0.05) is 24.1 Å². The van der Waals surface area contributed by atoms with E-state index in [-0.39, 0.29) is 36.5 Å². The topological polar surface area (TPSA) is 127 Å². The second-order valence-corrected chi connectivity index (χ2v) is 9.29. The van der Waals surface area contributed by atoms with Crippen LogP contribution in [-0.4, -0.2) is 53.9 Å². The highest BCUT2D eigenvalue weighted by atomic mass is 16.5. The molecule has 1 aromatic carbocycles. The molecule has 2 aliphatic heterocycles. The maximum absolute atomic E-state index is 13.8. The normalized spacial score (nSPS) is 19.6. The molecule has 0 bridgehead atoms. The van der Waals surface area contributed by atoms with Gasteiger partial charge in [0.2, 0.25) is 5.95 Å². The van der Waals surface area contributed by atoms with E-state index in [1.54, 1.807) is 18.5 Å². The summed E-state index contributed by atoms with van der Waals surface area (Å²) in [5.41, 5.74) is 7.29. The minimum Gasteiger partial charge on any atom is -0.341 e. The van der Waals surface area contributed by atoms with Gasteiger partial charge >= 0.3 is 5.69 Å². The molecule has 0 spiro atoms. The first-order valence-electron chi connectivity index (χ1n) is 12.1. The molecule has 188 valence electrons. The lowest BCUT2D eigenvalue weighted by molar-refractivity contribution is -0.0536. The Morgan fingerprint density at radius 1 is 1.22 bits per heavy atom. The maximum atomic E-state index is 13.8. The molecule has 3 N–H and O–H groups in total. The fourth-order valence-corrected chi connectivity index (χ4v) is 4.98. The number of hydrogen-bond acceptors (Lipinski definition) is 8. The molecular formula is C25H30N8O3. The molecule has 11 heteroatoms. The Balaban J connectivity index is 1.67. The number of benzene rings is 1. The van der Waals surface area contributed by atoms with Gasteiger partial charge in [0.15, 0.2) is 11.2 Å². The number of imidazole rings is 1. The highest BCUT2D eigenvalue weighted by molar-refractivity contribution is 5.87. The number of nitrogens with zero attached hydrogens (tertiary/aromatic N) is 7. The number of piperidine rings is 1. The van der Waals surface area contributed by atoms with Crippen LogP contribution in [0.4, 0.5) is 11.6 Å². The zero-order valence-corrected chi connectivity index (χ0v) is 20.7. The summed E-state index contributed by atoms with van der Waals surface area (Å²) < 4.78 is 4.22. The molecule has 3 aromatic rings. The number of hydrogen-bond donors (Lipinski definition) is 2. The average molecular weight is 491 g/mol. The van der Waals surface area contributed by atoms with Gasteiger partial charge in [-0.25, -0.2) is 14.9 Å². The molecule has 11 nitrogen and oxygen atoms in total. The Hall–Kier alpha value is -3.88. The fraction of sp³-hybridized carbons (Fsp3) is 0.440. The van der Waals surface area contributed by atoms with E-state index in [1.807, 2.05) is 31.2 Å². The fourth-order valence-electron chi connectivity index (χ4n) is 4.98. The number of amidine groups is 1. The van der Waals surface area contributed by atoms with E-state index in [1.165, 1.54) is 4.57 Å². The van der Waals surface area contributed by atoms with Gasteiger partial charge in [0.25, 0.3) is 5.56 Å². The van der Waals surface area contributed by atoms with Gasteiger partial charge in [0.1, 0.15) is 5.84 Å². The van der Waals surface area contributed by atoms with Crippen molar-refractivity contribution in [1.82, 2.24) is 23.7 Å². The average Bonchev–Trinajstić information content (AvgIpc) is 3.26. The Bertz CT molecular complexity index is 1540. The molecule has 0 saturated carbocycles. The van der Waals surface area contributed by atoms with E-state index in [9.17, 15) is 14.8 Å². The summed E-state index contributed by atoms with van der Waals surface area (Å²) >= 11 is 0. The first-order chi connectivity index (χ1) is 17.3. The third kappa shape index (κ3) is 3.88. The number of para-hydroxylation sites is 1. The number of aromatic nitrogens is 4. The minimum atomic E-state index is -0.539. The van der Waals surface area contributed by atoms with Crippen molar-refractivity contribution in [2.45, 2.75) is 51.9 Å². The van der Waals surface area contributed by atoms with Crippen LogP contribution >= 0.6 is 0 Å². The van der Waals surface area contributed by atoms with Gasteiger partial charge in [-0.15, -0.1) is 5.92 Å². The van der Waals surface area contributed by atoms with Crippen LogP contribution in [0.2, 0.25) is 0 Å². The summed E-state index contributed by atoms with van der Waals surface area (Å²) in [5.74, 6) is 6.69. The van der Waals surface area contributed by atoms with Crippen LogP contribution < -0.4 is 21.9 Å². The van der Waals surface area contributed by atoms with Gasteiger partial charge in [-0.3, -0.25) is 23.7 Å². The van der Waals surface area contributed by atoms with Gasteiger partial charge in [0, 0.05) is 31.7 Å². The number of hydroxylamine groups is 2.